The van der Waals surface area contributed by atoms with Crippen LogP contribution in [0.1, 0.15) is 5.69 Å². The maximum absolute atomic E-state index is 8.88. The van der Waals surface area contributed by atoms with Gasteiger partial charge in [0.15, 0.2) is 5.65 Å². The van der Waals surface area contributed by atoms with Gasteiger partial charge in [0.05, 0.1) is 16.8 Å². The number of nitrogens with zero attached hydrogens (tertiary/aromatic N) is 2. The van der Waals surface area contributed by atoms with Crippen molar-refractivity contribution in [1.82, 2.24) is 9.38 Å². The van der Waals surface area contributed by atoms with E-state index >= 15 is 0 Å². The van der Waals surface area contributed by atoms with Gasteiger partial charge in [-0.25, -0.2) is 4.98 Å². The summed E-state index contributed by atoms with van der Waals surface area (Å²) in [5, 5.41) is 8.88. The highest BCUT2D eigenvalue weighted by Gasteiger charge is 2.04. The quantitative estimate of drug-likeness (QED) is 0.788. The van der Waals surface area contributed by atoms with Gasteiger partial charge >= 0.3 is 0 Å². The Morgan fingerprint density at radius 1 is 1.54 bits per heavy atom. The molecule has 0 aromatic carbocycles. The fourth-order valence-electron chi connectivity index (χ4n) is 1.20. The summed E-state index contributed by atoms with van der Waals surface area (Å²) in [6, 6.07) is 1.78. The molecule has 0 radical (unpaired) electrons. The van der Waals surface area contributed by atoms with Crippen molar-refractivity contribution in [2.24, 2.45) is 0 Å². The highest BCUT2D eigenvalue weighted by atomic mass is 79.9. The van der Waals surface area contributed by atoms with Crippen molar-refractivity contribution in [2.45, 2.75) is 6.61 Å². The molecule has 0 bridgehead atoms. The van der Waals surface area contributed by atoms with Gasteiger partial charge in [-0.1, -0.05) is 0 Å². The first-order valence-electron chi connectivity index (χ1n) is 3.74. The van der Waals surface area contributed by atoms with Crippen LogP contribution in [0.5, 0.6) is 0 Å². The molecular formula is C8H8BrN3O. The second kappa shape index (κ2) is 3.01. The Morgan fingerprint density at radius 2 is 2.31 bits per heavy atom. The smallest absolute Gasteiger partial charge is 0.151 e. The monoisotopic (exact) mass is 241 g/mol. The first-order valence-corrected chi connectivity index (χ1v) is 4.53. The number of hydrogen-bond acceptors (Lipinski definition) is 3. The van der Waals surface area contributed by atoms with Gasteiger partial charge in [0.25, 0.3) is 0 Å². The fraction of sp³-hybridized carbons (Fsp3) is 0.125. The summed E-state index contributed by atoms with van der Waals surface area (Å²) in [6.45, 7) is -0.0615. The Kier molecular flexibility index (Phi) is 1.97. The summed E-state index contributed by atoms with van der Waals surface area (Å²) in [5.74, 6) is 0. The Morgan fingerprint density at radius 3 is 3.00 bits per heavy atom. The number of anilines is 1. The zero-order chi connectivity index (χ0) is 9.42. The summed E-state index contributed by atoms with van der Waals surface area (Å²) in [7, 11) is 0. The van der Waals surface area contributed by atoms with E-state index in [-0.39, 0.29) is 6.61 Å². The zero-order valence-electron chi connectivity index (χ0n) is 6.74. The Hall–Kier alpha value is -1.07. The molecule has 0 unspecified atom stereocenters. The highest BCUT2D eigenvalue weighted by Crippen LogP contribution is 2.20. The van der Waals surface area contributed by atoms with Crippen LogP contribution in [0.2, 0.25) is 0 Å². The van der Waals surface area contributed by atoms with Crippen LogP contribution in [0.15, 0.2) is 22.9 Å². The Balaban J connectivity index is 2.75. The molecule has 2 heterocycles. The maximum atomic E-state index is 8.88. The van der Waals surface area contributed by atoms with Crippen molar-refractivity contribution in [3.8, 4) is 0 Å². The minimum absolute atomic E-state index is 0.0615. The SMILES string of the molecule is Nc1cc(Br)c2nc(CO)cn2c1. The predicted octanol–water partition coefficient (Wildman–Crippen LogP) is 1.17. The number of nitrogens with two attached hydrogens (primary N) is 1. The minimum atomic E-state index is -0.0615. The van der Waals surface area contributed by atoms with Crippen LogP contribution in [0, 0.1) is 0 Å². The predicted molar refractivity (Wildman–Crippen MR) is 53.2 cm³/mol. The third kappa shape index (κ3) is 1.40. The molecule has 0 atom stereocenters. The van der Waals surface area contributed by atoms with Crippen LogP contribution >= 0.6 is 15.9 Å². The van der Waals surface area contributed by atoms with E-state index in [0.29, 0.717) is 11.4 Å². The Bertz CT molecular complexity index is 452. The van der Waals surface area contributed by atoms with Gasteiger partial charge in [0.2, 0.25) is 0 Å². The number of aliphatic hydroxyl groups is 1. The average Bonchev–Trinajstić information content (AvgIpc) is 2.47. The molecule has 0 amide bonds. The molecule has 0 aliphatic carbocycles. The summed E-state index contributed by atoms with van der Waals surface area (Å²) < 4.78 is 2.61. The normalized spacial score (nSPS) is 10.9. The number of fused-ring (bicyclic) bond motifs is 1. The summed E-state index contributed by atoms with van der Waals surface area (Å²) in [5.41, 5.74) is 7.68. The molecule has 0 aliphatic rings. The largest absolute Gasteiger partial charge is 0.397 e. The lowest BCUT2D eigenvalue weighted by Gasteiger charge is -1.97. The zero-order valence-corrected chi connectivity index (χ0v) is 8.32. The molecule has 0 aliphatic heterocycles. The maximum Gasteiger partial charge on any atom is 0.151 e. The van der Waals surface area contributed by atoms with E-state index in [4.69, 9.17) is 10.8 Å². The lowest BCUT2D eigenvalue weighted by atomic mass is 10.4. The lowest BCUT2D eigenvalue weighted by Crippen LogP contribution is -1.90. The second-order valence-corrected chi connectivity index (χ2v) is 3.60. The number of rotatable bonds is 1. The molecule has 5 heteroatoms. The van der Waals surface area contributed by atoms with E-state index in [1.165, 1.54) is 0 Å². The van der Waals surface area contributed by atoms with Crippen molar-refractivity contribution < 1.29 is 5.11 Å². The van der Waals surface area contributed by atoms with Gasteiger partial charge in [-0.15, -0.1) is 0 Å². The van der Waals surface area contributed by atoms with Crippen LogP contribution in [-0.2, 0) is 6.61 Å². The number of nitrogen functional groups attached to an aromatic ring is 1. The van der Waals surface area contributed by atoms with Gasteiger partial charge in [-0.05, 0) is 22.0 Å². The van der Waals surface area contributed by atoms with E-state index < -0.39 is 0 Å². The van der Waals surface area contributed by atoms with Gasteiger partial charge in [-0.2, -0.15) is 0 Å². The first-order chi connectivity index (χ1) is 6.20. The van der Waals surface area contributed by atoms with Gasteiger partial charge in [0, 0.05) is 18.1 Å². The topological polar surface area (TPSA) is 63.5 Å². The highest BCUT2D eigenvalue weighted by molar-refractivity contribution is 9.10. The van der Waals surface area contributed by atoms with Crippen molar-refractivity contribution in [3.05, 3.63) is 28.6 Å². The summed E-state index contributed by atoms with van der Waals surface area (Å²) in [6.07, 6.45) is 3.50. The van der Waals surface area contributed by atoms with Crippen molar-refractivity contribution in [1.29, 1.82) is 0 Å². The van der Waals surface area contributed by atoms with Crippen molar-refractivity contribution in [2.75, 3.05) is 5.73 Å². The van der Waals surface area contributed by atoms with Crippen LogP contribution in [-0.4, -0.2) is 14.5 Å². The van der Waals surface area contributed by atoms with Gasteiger partial charge in [-0.3, -0.25) is 0 Å². The summed E-state index contributed by atoms with van der Waals surface area (Å²) in [4.78, 5) is 4.18. The van der Waals surface area contributed by atoms with Gasteiger partial charge in [0.1, 0.15) is 0 Å². The van der Waals surface area contributed by atoms with Crippen LogP contribution in [0.4, 0.5) is 5.69 Å². The summed E-state index contributed by atoms with van der Waals surface area (Å²) >= 11 is 3.35. The number of halogens is 1. The number of pyridine rings is 1. The number of imidazole rings is 1. The molecule has 68 valence electrons. The number of aromatic nitrogens is 2. The molecule has 2 aromatic heterocycles. The number of aliphatic hydroxyl groups excluding tert-OH is 1. The third-order valence-electron chi connectivity index (χ3n) is 1.74. The molecular weight excluding hydrogens is 234 g/mol. The van der Waals surface area contributed by atoms with E-state index in [1.54, 1.807) is 22.9 Å². The molecule has 0 saturated heterocycles. The molecule has 13 heavy (non-hydrogen) atoms. The molecule has 0 fully saturated rings. The third-order valence-corrected chi connectivity index (χ3v) is 2.32. The first kappa shape index (κ1) is 8.52. The van der Waals surface area contributed by atoms with Crippen LogP contribution in [0.25, 0.3) is 5.65 Å². The average molecular weight is 242 g/mol. The van der Waals surface area contributed by atoms with E-state index in [9.17, 15) is 0 Å². The Labute approximate surface area is 83.1 Å². The van der Waals surface area contributed by atoms with E-state index in [2.05, 4.69) is 20.9 Å². The molecule has 4 nitrogen and oxygen atoms in total. The lowest BCUT2D eigenvalue weighted by molar-refractivity contribution is 0.277. The van der Waals surface area contributed by atoms with E-state index in [0.717, 1.165) is 10.1 Å². The molecule has 0 spiro atoms. The minimum Gasteiger partial charge on any atom is -0.397 e. The standard InChI is InChI=1S/C8H8BrN3O/c9-7-1-5(10)2-12-3-6(4-13)11-8(7)12/h1-3,13H,4,10H2. The van der Waals surface area contributed by atoms with Crippen LogP contribution in [0.3, 0.4) is 0 Å². The van der Waals surface area contributed by atoms with Crippen molar-refractivity contribution >= 4 is 27.3 Å². The molecule has 3 N–H and O–H groups in total. The number of hydrogen-bond donors (Lipinski definition) is 2. The van der Waals surface area contributed by atoms with Crippen LogP contribution < -0.4 is 5.73 Å². The molecule has 0 saturated carbocycles. The van der Waals surface area contributed by atoms with E-state index in [1.807, 2.05) is 0 Å². The van der Waals surface area contributed by atoms with Crippen molar-refractivity contribution in [3.63, 3.8) is 0 Å². The fourth-order valence-corrected chi connectivity index (χ4v) is 1.76. The molecule has 2 rings (SSSR count). The second-order valence-electron chi connectivity index (χ2n) is 2.74. The molecule has 2 aromatic rings. The van der Waals surface area contributed by atoms with Gasteiger partial charge < -0.3 is 15.2 Å².